The fourth-order valence-corrected chi connectivity index (χ4v) is 1.90. The van der Waals surface area contributed by atoms with E-state index in [4.69, 9.17) is 4.74 Å². The summed E-state index contributed by atoms with van der Waals surface area (Å²) in [5.74, 6) is 0. The summed E-state index contributed by atoms with van der Waals surface area (Å²) in [7, 11) is 0. The summed E-state index contributed by atoms with van der Waals surface area (Å²) in [6, 6.07) is 0. The van der Waals surface area contributed by atoms with E-state index in [0.717, 1.165) is 38.5 Å². The highest BCUT2D eigenvalue weighted by Crippen LogP contribution is 2.00. The highest BCUT2D eigenvalue weighted by atomic mass is 16.5. The fourth-order valence-electron chi connectivity index (χ4n) is 1.90. The number of aromatic nitrogens is 2. The summed E-state index contributed by atoms with van der Waals surface area (Å²) < 4.78 is 7.47. The van der Waals surface area contributed by atoms with Crippen LogP contribution in [0.1, 0.15) is 26.0 Å². The van der Waals surface area contributed by atoms with Crippen molar-refractivity contribution in [2.75, 3.05) is 32.8 Å². The number of imidazole rings is 1. The van der Waals surface area contributed by atoms with Crippen LogP contribution in [0, 0.1) is 6.92 Å². The average molecular weight is 239 g/mol. The number of hydrogen-bond donors (Lipinski definition) is 0. The first-order valence-corrected chi connectivity index (χ1v) is 6.63. The minimum absolute atomic E-state index is 0.893. The van der Waals surface area contributed by atoms with Gasteiger partial charge in [-0.3, -0.25) is 4.90 Å². The van der Waals surface area contributed by atoms with Crippen LogP contribution in [0.5, 0.6) is 0 Å². The maximum Gasteiger partial charge on any atom is 0.0949 e. The third-order valence-corrected chi connectivity index (χ3v) is 2.76. The molecule has 0 unspecified atom stereocenters. The van der Waals surface area contributed by atoms with Crippen LogP contribution in [0.3, 0.4) is 0 Å². The van der Waals surface area contributed by atoms with Crippen LogP contribution < -0.4 is 0 Å². The third kappa shape index (κ3) is 5.33. The van der Waals surface area contributed by atoms with Gasteiger partial charge in [0.1, 0.15) is 0 Å². The molecule has 4 heteroatoms. The van der Waals surface area contributed by atoms with Crippen LogP contribution in [0.2, 0.25) is 0 Å². The van der Waals surface area contributed by atoms with E-state index < -0.39 is 0 Å². The Labute approximate surface area is 105 Å². The molecule has 1 aliphatic rings. The Morgan fingerprint density at radius 3 is 2.53 bits per heavy atom. The molecule has 0 aliphatic carbocycles. The topological polar surface area (TPSA) is 30.3 Å². The maximum absolute atomic E-state index is 5.31. The number of ether oxygens (including phenoxy) is 1. The second-order valence-electron chi connectivity index (χ2n) is 4.06. The van der Waals surface area contributed by atoms with Crippen molar-refractivity contribution in [3.63, 3.8) is 0 Å². The molecule has 0 saturated carbocycles. The molecule has 0 radical (unpaired) electrons. The van der Waals surface area contributed by atoms with Gasteiger partial charge in [-0.25, -0.2) is 4.98 Å². The molecule has 4 nitrogen and oxygen atoms in total. The summed E-state index contributed by atoms with van der Waals surface area (Å²) in [6.45, 7) is 12.2. The first kappa shape index (κ1) is 14.2. The van der Waals surface area contributed by atoms with Crippen molar-refractivity contribution < 1.29 is 4.74 Å². The number of hydrogen-bond acceptors (Lipinski definition) is 3. The van der Waals surface area contributed by atoms with Gasteiger partial charge in [-0.2, -0.15) is 0 Å². The van der Waals surface area contributed by atoms with Crippen LogP contribution >= 0.6 is 0 Å². The van der Waals surface area contributed by atoms with Crippen molar-refractivity contribution in [1.29, 1.82) is 0 Å². The lowest BCUT2D eigenvalue weighted by atomic mass is 10.3. The Bertz CT molecular complexity index is 293. The molecule has 1 aromatic rings. The van der Waals surface area contributed by atoms with E-state index in [-0.39, 0.29) is 0 Å². The highest BCUT2D eigenvalue weighted by molar-refractivity contribution is 4.91. The predicted molar refractivity (Wildman–Crippen MR) is 70.2 cm³/mol. The number of aryl methyl sites for hydroxylation is 2. The number of nitrogens with zero attached hydrogens (tertiary/aromatic N) is 3. The van der Waals surface area contributed by atoms with Gasteiger partial charge in [0, 0.05) is 32.4 Å². The van der Waals surface area contributed by atoms with Crippen molar-refractivity contribution in [3.8, 4) is 0 Å². The molecule has 0 bridgehead atoms. The minimum Gasteiger partial charge on any atom is -0.379 e. The van der Waals surface area contributed by atoms with Crippen molar-refractivity contribution in [2.24, 2.45) is 0 Å². The second-order valence-corrected chi connectivity index (χ2v) is 4.06. The van der Waals surface area contributed by atoms with Gasteiger partial charge in [0.05, 0.1) is 25.2 Å². The highest BCUT2D eigenvalue weighted by Gasteiger charge is 2.09. The Morgan fingerprint density at radius 1 is 1.24 bits per heavy atom. The van der Waals surface area contributed by atoms with Gasteiger partial charge in [-0.15, -0.1) is 0 Å². The van der Waals surface area contributed by atoms with E-state index in [1.807, 2.05) is 27.1 Å². The zero-order valence-electron chi connectivity index (χ0n) is 11.4. The van der Waals surface area contributed by atoms with E-state index in [2.05, 4.69) is 20.6 Å². The van der Waals surface area contributed by atoms with Crippen LogP contribution in [-0.2, 0) is 11.3 Å². The van der Waals surface area contributed by atoms with Gasteiger partial charge in [0.2, 0.25) is 0 Å². The molecule has 2 heterocycles. The summed E-state index contributed by atoms with van der Waals surface area (Å²) in [5.41, 5.74) is 1.10. The van der Waals surface area contributed by atoms with E-state index in [1.54, 1.807) is 0 Å². The smallest absolute Gasteiger partial charge is 0.0949 e. The molecule has 0 aromatic carbocycles. The Morgan fingerprint density at radius 2 is 1.94 bits per heavy atom. The van der Waals surface area contributed by atoms with E-state index in [1.165, 1.54) is 13.0 Å². The van der Waals surface area contributed by atoms with E-state index in [9.17, 15) is 0 Å². The molecular formula is C13H25N3O. The molecule has 98 valence electrons. The van der Waals surface area contributed by atoms with Gasteiger partial charge in [-0.05, 0) is 13.3 Å². The summed E-state index contributed by atoms with van der Waals surface area (Å²) in [6.07, 6.45) is 5.20. The molecule has 17 heavy (non-hydrogen) atoms. The van der Waals surface area contributed by atoms with Crippen molar-refractivity contribution in [3.05, 3.63) is 18.2 Å². The molecule has 2 rings (SSSR count). The summed E-state index contributed by atoms with van der Waals surface area (Å²) >= 11 is 0. The standard InChI is InChI=1S/C11H19N3O.C2H6/c1-11-9-14(10-12-11)4-2-3-13-5-7-15-8-6-13;1-2/h9-10H,2-8H2,1H3;1-2H3. The normalized spacial score (nSPS) is 16.4. The molecule has 0 spiro atoms. The molecular weight excluding hydrogens is 214 g/mol. The van der Waals surface area contributed by atoms with E-state index >= 15 is 0 Å². The van der Waals surface area contributed by atoms with Gasteiger partial charge < -0.3 is 9.30 Å². The largest absolute Gasteiger partial charge is 0.379 e. The quantitative estimate of drug-likeness (QED) is 0.804. The van der Waals surface area contributed by atoms with Gasteiger partial charge in [0.25, 0.3) is 0 Å². The third-order valence-electron chi connectivity index (χ3n) is 2.76. The maximum atomic E-state index is 5.31. The average Bonchev–Trinajstić information content (AvgIpc) is 2.79. The van der Waals surface area contributed by atoms with Crippen molar-refractivity contribution >= 4 is 0 Å². The summed E-state index contributed by atoms with van der Waals surface area (Å²) in [5, 5.41) is 0. The minimum atomic E-state index is 0.893. The summed E-state index contributed by atoms with van der Waals surface area (Å²) in [4.78, 5) is 6.68. The lowest BCUT2D eigenvalue weighted by Gasteiger charge is -2.26. The first-order chi connectivity index (χ1) is 8.34. The van der Waals surface area contributed by atoms with Crippen LogP contribution in [0.25, 0.3) is 0 Å². The second kappa shape index (κ2) is 8.25. The van der Waals surface area contributed by atoms with Gasteiger partial charge >= 0.3 is 0 Å². The lowest BCUT2D eigenvalue weighted by Crippen LogP contribution is -2.37. The van der Waals surface area contributed by atoms with Gasteiger partial charge in [-0.1, -0.05) is 13.8 Å². The van der Waals surface area contributed by atoms with Crippen LogP contribution in [0.15, 0.2) is 12.5 Å². The first-order valence-electron chi connectivity index (χ1n) is 6.63. The van der Waals surface area contributed by atoms with Crippen molar-refractivity contribution in [1.82, 2.24) is 14.5 Å². The van der Waals surface area contributed by atoms with Crippen LogP contribution in [-0.4, -0.2) is 47.3 Å². The predicted octanol–water partition coefficient (Wildman–Crippen LogP) is 1.94. The SMILES string of the molecule is CC.Cc1cn(CCCN2CCOCC2)cn1. The molecule has 1 aliphatic heterocycles. The zero-order chi connectivity index (χ0) is 12.5. The van der Waals surface area contributed by atoms with Crippen LogP contribution in [0.4, 0.5) is 0 Å². The van der Waals surface area contributed by atoms with Crippen molar-refractivity contribution in [2.45, 2.75) is 33.7 Å². The number of morpholine rings is 1. The molecule has 1 fully saturated rings. The Kier molecular flexibility index (Phi) is 6.89. The monoisotopic (exact) mass is 239 g/mol. The lowest BCUT2D eigenvalue weighted by molar-refractivity contribution is 0.0369. The van der Waals surface area contributed by atoms with E-state index in [0.29, 0.717) is 0 Å². The number of rotatable bonds is 4. The Hall–Kier alpha value is -0.870. The molecule has 1 aromatic heterocycles. The fraction of sp³-hybridized carbons (Fsp3) is 0.769. The molecule has 1 saturated heterocycles. The zero-order valence-corrected chi connectivity index (χ0v) is 11.4. The molecule has 0 atom stereocenters. The van der Waals surface area contributed by atoms with Gasteiger partial charge in [0.15, 0.2) is 0 Å². The molecule has 0 amide bonds. The Balaban J connectivity index is 0.000000686. The molecule has 0 N–H and O–H groups in total.